The van der Waals surface area contributed by atoms with E-state index < -0.39 is 53.3 Å². The normalized spacial score (nSPS) is 16.8. The molecule has 0 aromatic heterocycles. The zero-order valence-corrected chi connectivity index (χ0v) is 33.2. The molecule has 2 unspecified atom stereocenters. The van der Waals surface area contributed by atoms with Crippen molar-refractivity contribution in [1.82, 2.24) is 26.2 Å². The fourth-order valence-corrected chi connectivity index (χ4v) is 6.35. The van der Waals surface area contributed by atoms with Gasteiger partial charge in [-0.05, 0) is 62.0 Å². The lowest BCUT2D eigenvalue weighted by Gasteiger charge is -2.30. The highest BCUT2D eigenvalue weighted by atomic mass is 35.5. The lowest BCUT2D eigenvalue weighted by atomic mass is 9.90. The summed E-state index contributed by atoms with van der Waals surface area (Å²) in [4.78, 5) is 70.6. The van der Waals surface area contributed by atoms with Gasteiger partial charge in [-0.3, -0.25) is 28.9 Å². The van der Waals surface area contributed by atoms with Crippen LogP contribution < -0.4 is 21.3 Å². The van der Waals surface area contributed by atoms with Crippen LogP contribution in [0.3, 0.4) is 0 Å². The van der Waals surface area contributed by atoms with Crippen LogP contribution in [0.4, 0.5) is 0 Å². The van der Waals surface area contributed by atoms with Crippen LogP contribution in [0.15, 0.2) is 60.7 Å². The molecule has 0 aliphatic carbocycles. The number of rotatable bonds is 22. The van der Waals surface area contributed by atoms with Gasteiger partial charge in [0, 0.05) is 19.5 Å². The molecule has 298 valence electrons. The quantitative estimate of drug-likeness (QED) is 0.114. The van der Waals surface area contributed by atoms with Crippen molar-refractivity contribution < 1.29 is 33.8 Å². The summed E-state index contributed by atoms with van der Waals surface area (Å²) in [6, 6.07) is 14.7. The number of nitrogens with one attached hydrogen (secondary N) is 4. The molecule has 1 saturated heterocycles. The van der Waals surface area contributed by atoms with Gasteiger partial charge >= 0.3 is 0 Å². The molecule has 1 heterocycles. The molecule has 0 spiro atoms. The van der Waals surface area contributed by atoms with Crippen LogP contribution in [0.1, 0.15) is 71.4 Å². The molecular weight excluding hydrogens is 710 g/mol. The van der Waals surface area contributed by atoms with Crippen LogP contribution in [0, 0.1) is 11.8 Å². The number of Topliss-reactive ketones (excluding diaryl/α,β-unsaturated/α-hetero) is 1. The number of aryl methyl sites for hydroxylation is 1. The van der Waals surface area contributed by atoms with E-state index in [2.05, 4.69) is 21.3 Å². The molecular formula is C41H60ClN5O7. The summed E-state index contributed by atoms with van der Waals surface area (Å²) in [5.74, 6) is -2.75. The molecule has 0 bridgehead atoms. The molecule has 0 saturated carbocycles. The van der Waals surface area contributed by atoms with Crippen LogP contribution in [0.2, 0.25) is 0 Å². The van der Waals surface area contributed by atoms with Gasteiger partial charge in [-0.1, -0.05) is 88.4 Å². The van der Waals surface area contributed by atoms with Gasteiger partial charge in [-0.25, -0.2) is 0 Å². The molecule has 5 atom stereocenters. The number of morpholine rings is 1. The number of benzene rings is 2. The average Bonchev–Trinajstić information content (AvgIpc) is 3.14. The van der Waals surface area contributed by atoms with Crippen molar-refractivity contribution in [2.45, 2.75) is 103 Å². The molecule has 1 aliphatic heterocycles. The number of carbonyl (C=O) groups excluding carboxylic acids is 5. The Morgan fingerprint density at radius 1 is 0.722 bits per heavy atom. The van der Waals surface area contributed by atoms with Crippen molar-refractivity contribution in [1.29, 1.82) is 0 Å². The van der Waals surface area contributed by atoms with E-state index in [9.17, 15) is 29.1 Å². The summed E-state index contributed by atoms with van der Waals surface area (Å²) >= 11 is 5.91. The Balaban J connectivity index is 1.85. The second kappa shape index (κ2) is 22.5. The Morgan fingerprint density at radius 2 is 1.24 bits per heavy atom. The Kier molecular flexibility index (Phi) is 18.6. The summed E-state index contributed by atoms with van der Waals surface area (Å²) in [7, 11) is 0. The first-order chi connectivity index (χ1) is 25.7. The molecule has 5 N–H and O–H groups in total. The van der Waals surface area contributed by atoms with E-state index in [0.717, 1.165) is 11.1 Å². The molecule has 1 aliphatic rings. The topological polar surface area (TPSA) is 166 Å². The average molecular weight is 770 g/mol. The second-order valence-electron chi connectivity index (χ2n) is 15.3. The van der Waals surface area contributed by atoms with Gasteiger partial charge in [-0.15, -0.1) is 11.6 Å². The molecule has 2 aromatic rings. The number of carbonyl (C=O) groups is 5. The minimum atomic E-state index is -1.87. The Hall–Kier alpha value is -3.84. The summed E-state index contributed by atoms with van der Waals surface area (Å²) in [6.07, 6.45) is 2.07. The first-order valence-corrected chi connectivity index (χ1v) is 19.6. The predicted molar refractivity (Wildman–Crippen MR) is 210 cm³/mol. The van der Waals surface area contributed by atoms with Gasteiger partial charge in [-0.2, -0.15) is 0 Å². The highest BCUT2D eigenvalue weighted by Crippen LogP contribution is 2.17. The molecule has 54 heavy (non-hydrogen) atoms. The zero-order chi connectivity index (χ0) is 39.7. The monoisotopic (exact) mass is 769 g/mol. The minimum absolute atomic E-state index is 0.00707. The SMILES string of the molecule is CC(C)CC[C@H](NC(=O)[C@H](CCc1ccccc1)NC(=O)CN1CCOCC1)C(=O)N[C@@H](Cc1ccccc1)C(=O)NC(CC(C)C)C(=O)C(C)(O)CCl. The maximum atomic E-state index is 14.2. The molecule has 12 nitrogen and oxygen atoms in total. The number of aliphatic hydroxyl groups is 1. The summed E-state index contributed by atoms with van der Waals surface area (Å²) in [5.41, 5.74) is -0.0967. The maximum Gasteiger partial charge on any atom is 0.243 e. The highest BCUT2D eigenvalue weighted by Gasteiger charge is 2.38. The van der Waals surface area contributed by atoms with Gasteiger partial charge < -0.3 is 31.1 Å². The second-order valence-corrected chi connectivity index (χ2v) is 15.5. The van der Waals surface area contributed by atoms with E-state index in [1.54, 1.807) is 0 Å². The van der Waals surface area contributed by atoms with E-state index in [4.69, 9.17) is 16.3 Å². The lowest BCUT2D eigenvalue weighted by Crippen LogP contribution is -2.59. The Morgan fingerprint density at radius 3 is 1.80 bits per heavy atom. The van der Waals surface area contributed by atoms with E-state index in [-0.39, 0.29) is 49.4 Å². The molecule has 13 heteroatoms. The number of halogens is 1. The number of nitrogens with zero attached hydrogens (tertiary/aromatic N) is 1. The highest BCUT2D eigenvalue weighted by molar-refractivity contribution is 6.21. The number of hydrogen-bond donors (Lipinski definition) is 5. The zero-order valence-electron chi connectivity index (χ0n) is 32.4. The van der Waals surface area contributed by atoms with Crippen LogP contribution in [-0.2, 0) is 41.6 Å². The predicted octanol–water partition coefficient (Wildman–Crippen LogP) is 3.17. The van der Waals surface area contributed by atoms with Crippen LogP contribution in [0.25, 0.3) is 0 Å². The lowest BCUT2D eigenvalue weighted by molar-refractivity contribution is -0.139. The van der Waals surface area contributed by atoms with Crippen molar-refractivity contribution >= 4 is 41.0 Å². The van der Waals surface area contributed by atoms with Crippen molar-refractivity contribution in [3.8, 4) is 0 Å². The first-order valence-electron chi connectivity index (χ1n) is 19.1. The van der Waals surface area contributed by atoms with Crippen molar-refractivity contribution in [3.63, 3.8) is 0 Å². The van der Waals surface area contributed by atoms with Gasteiger partial charge in [0.15, 0.2) is 5.78 Å². The third-order valence-electron chi connectivity index (χ3n) is 9.40. The molecule has 0 radical (unpaired) electrons. The Bertz CT molecular complexity index is 1490. The number of amides is 4. The van der Waals surface area contributed by atoms with Crippen LogP contribution >= 0.6 is 11.6 Å². The first kappa shape index (κ1) is 44.6. The number of ether oxygens (including phenoxy) is 1. The maximum absolute atomic E-state index is 14.2. The molecule has 3 rings (SSSR count). The van der Waals surface area contributed by atoms with Gasteiger partial charge in [0.25, 0.3) is 0 Å². The summed E-state index contributed by atoms with van der Waals surface area (Å²) in [6.45, 7) is 11.5. The molecule has 2 aromatic carbocycles. The van der Waals surface area contributed by atoms with Crippen LogP contribution in [-0.4, -0.2) is 108 Å². The van der Waals surface area contributed by atoms with E-state index in [0.29, 0.717) is 45.6 Å². The van der Waals surface area contributed by atoms with Crippen molar-refractivity contribution in [2.75, 3.05) is 38.7 Å². The van der Waals surface area contributed by atoms with Gasteiger partial charge in [0.05, 0.1) is 31.7 Å². The number of ketones is 1. The fourth-order valence-electron chi connectivity index (χ4n) is 6.22. The largest absolute Gasteiger partial charge is 0.381 e. The van der Waals surface area contributed by atoms with Gasteiger partial charge in [0.2, 0.25) is 23.6 Å². The third kappa shape index (κ3) is 15.5. The molecule has 4 amide bonds. The summed E-state index contributed by atoms with van der Waals surface area (Å²) < 4.78 is 5.40. The summed E-state index contributed by atoms with van der Waals surface area (Å²) in [5, 5.41) is 22.1. The van der Waals surface area contributed by atoms with Crippen molar-refractivity contribution in [3.05, 3.63) is 71.8 Å². The smallest absolute Gasteiger partial charge is 0.243 e. The van der Waals surface area contributed by atoms with Crippen molar-refractivity contribution in [2.24, 2.45) is 11.8 Å². The molecule has 1 fully saturated rings. The fraction of sp³-hybridized carbons (Fsp3) is 0.585. The van der Waals surface area contributed by atoms with Crippen LogP contribution in [0.5, 0.6) is 0 Å². The van der Waals surface area contributed by atoms with Gasteiger partial charge in [0.1, 0.15) is 23.7 Å². The van der Waals surface area contributed by atoms with E-state index >= 15 is 0 Å². The number of alkyl halides is 1. The Labute approximate surface area is 325 Å². The van der Waals surface area contributed by atoms with E-state index in [1.807, 2.05) is 93.3 Å². The number of hydrogen-bond acceptors (Lipinski definition) is 8. The minimum Gasteiger partial charge on any atom is -0.381 e. The standard InChI is InChI=1S/C41H60ClN5O7/c1-28(2)16-18-33(44-38(50)32(19-17-30-12-8-6-9-13-30)43-36(48)26-47-20-22-54-23-21-47)39(51)46-35(25-31-14-10-7-11-15-31)40(52)45-34(24-29(3)4)37(49)41(5,53)27-42/h6-15,28-29,32-35,53H,16-27H2,1-5H3,(H,43,48)(H,44,50)(H,45,52)(H,46,51)/t32-,33-,34?,35-,41?/m0/s1. The van der Waals surface area contributed by atoms with E-state index in [1.165, 1.54) is 6.92 Å². The third-order valence-corrected chi connectivity index (χ3v) is 9.92.